The van der Waals surface area contributed by atoms with Crippen LogP contribution in [0.3, 0.4) is 0 Å². The van der Waals surface area contributed by atoms with E-state index in [1.54, 1.807) is 77.1 Å². The standard InChI is InChI=1S/C21H20N4O4.C11H8NO2.C10H13N3O2.ClH.Li.H2O/c1-13-17(21(27)25(2)18-16(28-13)9-6-10-22-18)24-19(26)20-23-12-15(29-20)11-14-7-4-3-5-8-14;13-8-11-12-7-10(14-11)6-9-4-2-1-3-5-9;1-6-8(11)10(14)13(2)9-7(15-6)4-3-5-12-9;;;/h3-10,12-13,17H,11H2,1-2H3,(H,24,26);1-5,7H,6H2;3-6,8H,11H2,1-2H3;1H;;1H2/q;-1;;;+1;/p-1/t13-,17+;;6-,8+;;;/m1.1.../s1. The summed E-state index contributed by atoms with van der Waals surface area (Å²) in [6.07, 6.45) is 8.10. The predicted octanol–water partition coefficient (Wildman–Crippen LogP) is 1.33. The maximum absolute atomic E-state index is 12.9. The second-order valence-electron chi connectivity index (χ2n) is 13.3. The average Bonchev–Trinajstić information content (AvgIpc) is 3.89. The van der Waals surface area contributed by atoms with E-state index in [4.69, 9.17) is 24.0 Å². The molecule has 4 atom stereocenters. The number of hydrogen-bond acceptors (Lipinski definition) is 14. The van der Waals surface area contributed by atoms with Crippen molar-refractivity contribution in [1.29, 1.82) is 0 Å². The summed E-state index contributed by atoms with van der Waals surface area (Å²) < 4.78 is 22.1. The van der Waals surface area contributed by atoms with Crippen LogP contribution in [0.1, 0.15) is 53.1 Å². The van der Waals surface area contributed by atoms with E-state index in [1.165, 1.54) is 16.0 Å². The van der Waals surface area contributed by atoms with E-state index in [1.807, 2.05) is 60.7 Å². The summed E-state index contributed by atoms with van der Waals surface area (Å²) in [5.74, 6) is 2.05. The average molecular weight is 846 g/mol. The van der Waals surface area contributed by atoms with Crippen LogP contribution in [0.25, 0.3) is 0 Å². The van der Waals surface area contributed by atoms with Crippen LogP contribution in [0.4, 0.5) is 11.6 Å². The summed E-state index contributed by atoms with van der Waals surface area (Å²) in [7, 11) is 3.24. The van der Waals surface area contributed by atoms with E-state index >= 15 is 0 Å². The van der Waals surface area contributed by atoms with E-state index in [2.05, 4.69) is 25.3 Å². The first-order valence-electron chi connectivity index (χ1n) is 18.2. The molecule has 0 fully saturated rings. The number of nitrogens with one attached hydrogen (secondary N) is 1. The van der Waals surface area contributed by atoms with Gasteiger partial charge in [0.1, 0.15) is 35.8 Å². The van der Waals surface area contributed by atoms with Crippen molar-refractivity contribution >= 4 is 48.1 Å². The normalized spacial score (nSPS) is 17.4. The maximum Gasteiger partial charge on any atom is 1.00 e. The number of hydrogen-bond donors (Lipinski definition) is 2. The first-order valence-corrected chi connectivity index (χ1v) is 18.2. The van der Waals surface area contributed by atoms with E-state index in [0.29, 0.717) is 47.5 Å². The molecule has 0 saturated heterocycles. The van der Waals surface area contributed by atoms with Crippen molar-refractivity contribution in [1.82, 2.24) is 25.3 Å². The molecule has 0 spiro atoms. The number of rotatable bonds is 7. The zero-order chi connectivity index (χ0) is 41.2. The van der Waals surface area contributed by atoms with Gasteiger partial charge in [0, 0.05) is 39.3 Å². The van der Waals surface area contributed by atoms with Gasteiger partial charge < -0.3 is 39.6 Å². The third-order valence-electron chi connectivity index (χ3n) is 9.07. The molecule has 4 aromatic heterocycles. The number of anilines is 2. The molecular formula is C42H43ClLiN8O9-. The SMILES string of the molecule is C[C@H]1Oc2cccnc2N(C)C(=O)[C@H]1N.C[C@H]1Oc2cccnc2N(C)C(=O)[C@H]1NC(=O)c1ncc(Cc2ccccc2)o1.Cl.O=[C-]c1ncc(Cc2ccccc2)o1.[Li+].[OH-]. The van der Waals surface area contributed by atoms with E-state index in [-0.39, 0.29) is 66.4 Å². The molecule has 17 nitrogen and oxygen atoms in total. The van der Waals surface area contributed by atoms with Crippen LogP contribution in [-0.4, -0.2) is 87.8 Å². The van der Waals surface area contributed by atoms with Crippen LogP contribution in [0.5, 0.6) is 11.5 Å². The number of benzene rings is 2. The molecule has 19 heteroatoms. The van der Waals surface area contributed by atoms with Crippen molar-refractivity contribution in [2.24, 2.45) is 5.73 Å². The number of aromatic nitrogens is 4. The van der Waals surface area contributed by atoms with Gasteiger partial charge in [-0.25, -0.2) is 15.0 Å². The van der Waals surface area contributed by atoms with Crippen molar-refractivity contribution in [3.05, 3.63) is 144 Å². The van der Waals surface area contributed by atoms with Crippen LogP contribution in [-0.2, 0) is 27.2 Å². The van der Waals surface area contributed by atoms with E-state index in [9.17, 15) is 19.2 Å². The number of ether oxygens (including phenoxy) is 2. The Morgan fingerprint density at radius 3 is 1.74 bits per heavy atom. The van der Waals surface area contributed by atoms with Gasteiger partial charge in [-0.05, 0) is 49.2 Å². The summed E-state index contributed by atoms with van der Waals surface area (Å²) >= 11 is 0. The summed E-state index contributed by atoms with van der Waals surface area (Å²) in [6.45, 7) is 3.49. The van der Waals surface area contributed by atoms with Gasteiger partial charge in [0.25, 0.3) is 11.8 Å². The fourth-order valence-electron chi connectivity index (χ4n) is 5.94. The van der Waals surface area contributed by atoms with Gasteiger partial charge in [-0.15, -0.1) is 12.4 Å². The largest absolute Gasteiger partial charge is 1.00 e. The molecule has 0 saturated carbocycles. The molecule has 8 rings (SSSR count). The molecule has 6 heterocycles. The molecule has 2 aromatic carbocycles. The Hall–Kier alpha value is -6.35. The van der Waals surface area contributed by atoms with E-state index < -0.39 is 24.1 Å². The number of halogens is 1. The van der Waals surface area contributed by atoms with E-state index in [0.717, 1.165) is 11.1 Å². The van der Waals surface area contributed by atoms with Gasteiger partial charge in [-0.2, -0.15) is 6.29 Å². The van der Waals surface area contributed by atoms with Gasteiger partial charge >= 0.3 is 24.8 Å². The van der Waals surface area contributed by atoms with Gasteiger partial charge in [0.2, 0.25) is 5.91 Å². The predicted molar refractivity (Wildman–Crippen MR) is 220 cm³/mol. The smallest absolute Gasteiger partial charge is 0.870 e. The molecule has 0 aliphatic carbocycles. The Balaban J connectivity index is 0.000000263. The number of pyridine rings is 2. The number of oxazole rings is 2. The molecule has 2 aliphatic heterocycles. The molecule has 314 valence electrons. The molecule has 0 radical (unpaired) electrons. The Labute approximate surface area is 370 Å². The molecular weight excluding hydrogens is 803 g/mol. The van der Waals surface area contributed by atoms with Crippen molar-refractivity contribution in [3.63, 3.8) is 0 Å². The van der Waals surface area contributed by atoms with Crippen molar-refractivity contribution in [2.45, 2.75) is 51.0 Å². The van der Waals surface area contributed by atoms with Gasteiger partial charge in [0.05, 0.1) is 18.3 Å². The Bertz CT molecular complexity index is 2350. The van der Waals surface area contributed by atoms with Crippen molar-refractivity contribution in [3.8, 4) is 11.5 Å². The maximum atomic E-state index is 12.9. The molecule has 6 aromatic rings. The molecule has 4 N–H and O–H groups in total. The quantitative estimate of drug-likeness (QED) is 0.170. The van der Waals surface area contributed by atoms with Crippen LogP contribution in [0.2, 0.25) is 0 Å². The fraction of sp³-hybridized carbons (Fsp3) is 0.238. The zero-order valence-corrected chi connectivity index (χ0v) is 34.8. The number of amides is 3. The summed E-state index contributed by atoms with van der Waals surface area (Å²) in [5, 5.41) is 2.68. The zero-order valence-electron chi connectivity index (χ0n) is 34.0. The van der Waals surface area contributed by atoms with Gasteiger partial charge in [-0.1, -0.05) is 60.7 Å². The minimum absolute atomic E-state index is 0. The number of nitrogens with two attached hydrogens (primary N) is 1. The first-order chi connectivity index (χ1) is 28.0. The summed E-state index contributed by atoms with van der Waals surface area (Å²) in [5.41, 5.74) is 7.92. The first kappa shape index (κ1) is 49.0. The van der Waals surface area contributed by atoms with Crippen LogP contribution in [0, 0.1) is 0 Å². The third-order valence-corrected chi connectivity index (χ3v) is 9.07. The number of carbonyl (C=O) groups is 3. The second kappa shape index (κ2) is 22.9. The van der Waals surface area contributed by atoms with Gasteiger partial charge in [-0.3, -0.25) is 29.2 Å². The second-order valence-corrected chi connectivity index (χ2v) is 13.3. The minimum atomic E-state index is -0.911. The van der Waals surface area contributed by atoms with Crippen molar-refractivity contribution < 1.29 is 61.8 Å². The molecule has 0 bridgehead atoms. The topological polar surface area (TPSA) is 239 Å². The number of carbonyl (C=O) groups excluding carboxylic acids is 4. The van der Waals surface area contributed by atoms with Crippen molar-refractivity contribution in [2.75, 3.05) is 23.9 Å². The molecule has 2 aliphatic rings. The third kappa shape index (κ3) is 12.3. The number of fused-ring (bicyclic) bond motifs is 2. The monoisotopic (exact) mass is 845 g/mol. The molecule has 3 amide bonds. The molecule has 61 heavy (non-hydrogen) atoms. The number of likely N-dealkylation sites (N-methyl/N-ethyl adjacent to an activating group) is 2. The summed E-state index contributed by atoms with van der Waals surface area (Å²) in [6, 6.07) is 25.0. The Morgan fingerprint density at radius 2 is 1.21 bits per heavy atom. The Kier molecular flexibility index (Phi) is 18.4. The molecule has 0 unspecified atom stereocenters. The van der Waals surface area contributed by atoms with Crippen LogP contribution >= 0.6 is 12.4 Å². The van der Waals surface area contributed by atoms with Crippen LogP contribution < -0.4 is 49.2 Å². The van der Waals surface area contributed by atoms with Crippen LogP contribution in [0.15, 0.2) is 119 Å². The fourth-order valence-corrected chi connectivity index (χ4v) is 5.94. The van der Waals surface area contributed by atoms with Gasteiger partial charge in [0.15, 0.2) is 23.1 Å². The summed E-state index contributed by atoms with van der Waals surface area (Å²) in [4.78, 5) is 66.4. The minimum Gasteiger partial charge on any atom is -0.870 e. The number of nitrogens with zero attached hydrogens (tertiary/aromatic N) is 6. The Morgan fingerprint density at radius 1 is 0.721 bits per heavy atom.